The summed E-state index contributed by atoms with van der Waals surface area (Å²) >= 11 is 5.85. The summed E-state index contributed by atoms with van der Waals surface area (Å²) in [5.74, 6) is -0.252. The van der Waals surface area contributed by atoms with E-state index in [2.05, 4.69) is 0 Å². The molecule has 0 radical (unpaired) electrons. The van der Waals surface area contributed by atoms with Crippen LogP contribution in [0.5, 0.6) is 0 Å². The van der Waals surface area contributed by atoms with Crippen LogP contribution in [0.4, 0.5) is 0 Å². The van der Waals surface area contributed by atoms with E-state index < -0.39 is 5.41 Å². The van der Waals surface area contributed by atoms with E-state index in [1.165, 1.54) is 0 Å². The molecule has 1 aromatic carbocycles. The van der Waals surface area contributed by atoms with Gasteiger partial charge in [-0.1, -0.05) is 23.7 Å². The van der Waals surface area contributed by atoms with Gasteiger partial charge in [0.1, 0.15) is 6.29 Å². The van der Waals surface area contributed by atoms with Gasteiger partial charge in [-0.25, -0.2) is 0 Å². The van der Waals surface area contributed by atoms with Gasteiger partial charge in [-0.2, -0.15) is 0 Å². The van der Waals surface area contributed by atoms with E-state index in [4.69, 9.17) is 11.6 Å². The number of carbonyl (C=O) groups is 2. The smallest absolute Gasteiger partial charge is 0.177 e. The molecule has 3 heteroatoms. The zero-order valence-corrected chi connectivity index (χ0v) is 8.84. The molecule has 0 saturated carbocycles. The summed E-state index contributed by atoms with van der Waals surface area (Å²) in [6.45, 7) is 3.15. The molecule has 0 spiro atoms. The maximum atomic E-state index is 11.8. The zero-order chi connectivity index (χ0) is 10.8. The van der Waals surface area contributed by atoms with Crippen molar-refractivity contribution in [3.8, 4) is 0 Å². The first-order valence-electron chi connectivity index (χ1n) is 4.24. The number of rotatable bonds is 3. The Hall–Kier alpha value is -1.15. The Kier molecular flexibility index (Phi) is 3.06. The van der Waals surface area contributed by atoms with Gasteiger partial charge in [0.2, 0.25) is 0 Å². The molecule has 0 atom stereocenters. The molecule has 2 nitrogen and oxygen atoms in total. The van der Waals surface area contributed by atoms with Crippen molar-refractivity contribution in [2.45, 2.75) is 13.8 Å². The van der Waals surface area contributed by atoms with Gasteiger partial charge in [0.25, 0.3) is 0 Å². The molecular weight excluding hydrogens is 200 g/mol. The van der Waals surface area contributed by atoms with Crippen molar-refractivity contribution in [1.29, 1.82) is 0 Å². The minimum absolute atomic E-state index is 0.252. The van der Waals surface area contributed by atoms with Gasteiger partial charge in [0.05, 0.1) is 10.4 Å². The lowest BCUT2D eigenvalue weighted by molar-refractivity contribution is -0.112. The highest BCUT2D eigenvalue weighted by atomic mass is 35.5. The second kappa shape index (κ2) is 3.93. The topological polar surface area (TPSA) is 34.1 Å². The van der Waals surface area contributed by atoms with Crippen LogP contribution in [-0.4, -0.2) is 12.1 Å². The average Bonchev–Trinajstić information content (AvgIpc) is 2.17. The number of hydrogen-bond donors (Lipinski definition) is 0. The van der Waals surface area contributed by atoms with Crippen LogP contribution in [-0.2, 0) is 4.79 Å². The van der Waals surface area contributed by atoms with E-state index in [9.17, 15) is 9.59 Å². The Morgan fingerprint density at radius 3 is 2.43 bits per heavy atom. The second-order valence-electron chi connectivity index (χ2n) is 3.65. The molecule has 0 aliphatic heterocycles. The van der Waals surface area contributed by atoms with Gasteiger partial charge in [-0.15, -0.1) is 0 Å². The van der Waals surface area contributed by atoms with Gasteiger partial charge in [-0.3, -0.25) is 4.79 Å². The molecule has 74 valence electrons. The highest BCUT2D eigenvalue weighted by Gasteiger charge is 2.29. The third-order valence-corrected chi connectivity index (χ3v) is 2.33. The SMILES string of the molecule is CC(C)(C=O)C(=O)c1ccccc1Cl. The van der Waals surface area contributed by atoms with Crippen molar-refractivity contribution < 1.29 is 9.59 Å². The first-order valence-corrected chi connectivity index (χ1v) is 4.62. The fraction of sp³-hybridized carbons (Fsp3) is 0.273. The molecule has 0 N–H and O–H groups in total. The van der Waals surface area contributed by atoms with Crippen LogP contribution in [0.2, 0.25) is 5.02 Å². The predicted octanol–water partition coefficient (Wildman–Crippen LogP) is 2.75. The molecule has 0 aliphatic carbocycles. The molecule has 0 fully saturated rings. The first kappa shape index (κ1) is 10.9. The number of Topliss-reactive ketones (excluding diaryl/α,β-unsaturated/α-hetero) is 1. The van der Waals surface area contributed by atoms with Crippen molar-refractivity contribution in [2.24, 2.45) is 5.41 Å². The van der Waals surface area contributed by atoms with E-state index in [1.807, 2.05) is 0 Å². The lowest BCUT2D eigenvalue weighted by atomic mass is 9.86. The van der Waals surface area contributed by atoms with E-state index in [1.54, 1.807) is 38.1 Å². The summed E-state index contributed by atoms with van der Waals surface area (Å²) in [6.07, 6.45) is 0.638. The lowest BCUT2D eigenvalue weighted by Crippen LogP contribution is -2.25. The molecule has 1 rings (SSSR count). The van der Waals surface area contributed by atoms with Crippen LogP contribution in [0.3, 0.4) is 0 Å². The molecule has 0 bridgehead atoms. The summed E-state index contributed by atoms with van der Waals surface area (Å²) in [6, 6.07) is 6.72. The van der Waals surface area contributed by atoms with Crippen LogP contribution in [0, 0.1) is 5.41 Å². The maximum absolute atomic E-state index is 11.8. The quantitative estimate of drug-likeness (QED) is 0.437. The van der Waals surface area contributed by atoms with E-state index >= 15 is 0 Å². The van der Waals surface area contributed by atoms with Crippen LogP contribution < -0.4 is 0 Å². The van der Waals surface area contributed by atoms with Gasteiger partial charge < -0.3 is 4.79 Å². The Balaban J connectivity index is 3.13. The summed E-state index contributed by atoms with van der Waals surface area (Å²) in [5.41, 5.74) is -0.614. The number of carbonyl (C=O) groups excluding carboxylic acids is 2. The largest absolute Gasteiger partial charge is 0.302 e. The first-order chi connectivity index (χ1) is 6.49. The fourth-order valence-electron chi connectivity index (χ4n) is 1.05. The van der Waals surface area contributed by atoms with Crippen LogP contribution in [0.15, 0.2) is 24.3 Å². The molecule has 0 unspecified atom stereocenters. The molecule has 0 amide bonds. The number of aldehydes is 1. The highest BCUT2D eigenvalue weighted by Crippen LogP contribution is 2.24. The Morgan fingerprint density at radius 1 is 1.36 bits per heavy atom. The molecule has 0 saturated heterocycles. The fourth-order valence-corrected chi connectivity index (χ4v) is 1.27. The van der Waals surface area contributed by atoms with E-state index in [0.717, 1.165) is 0 Å². The second-order valence-corrected chi connectivity index (χ2v) is 4.06. The van der Waals surface area contributed by atoms with Crippen molar-refractivity contribution in [1.82, 2.24) is 0 Å². The minimum atomic E-state index is -1.01. The van der Waals surface area contributed by atoms with E-state index in [0.29, 0.717) is 16.9 Å². The van der Waals surface area contributed by atoms with Crippen molar-refractivity contribution >= 4 is 23.7 Å². The number of benzene rings is 1. The number of hydrogen-bond acceptors (Lipinski definition) is 2. The van der Waals surface area contributed by atoms with Crippen LogP contribution in [0.25, 0.3) is 0 Å². The monoisotopic (exact) mass is 210 g/mol. The normalized spacial score (nSPS) is 11.1. The Bertz CT molecular complexity index is 369. The molecule has 1 aromatic rings. The van der Waals surface area contributed by atoms with Crippen molar-refractivity contribution in [3.05, 3.63) is 34.9 Å². The minimum Gasteiger partial charge on any atom is -0.302 e. The molecule has 0 aromatic heterocycles. The van der Waals surface area contributed by atoms with Gasteiger partial charge in [-0.05, 0) is 26.0 Å². The van der Waals surface area contributed by atoms with Crippen molar-refractivity contribution in [3.63, 3.8) is 0 Å². The Labute approximate surface area is 87.9 Å². The molecular formula is C11H11ClO2. The van der Waals surface area contributed by atoms with Crippen LogP contribution >= 0.6 is 11.6 Å². The lowest BCUT2D eigenvalue weighted by Gasteiger charge is -2.15. The number of halogens is 1. The predicted molar refractivity (Wildman–Crippen MR) is 55.6 cm³/mol. The average molecular weight is 211 g/mol. The van der Waals surface area contributed by atoms with Crippen LogP contribution in [0.1, 0.15) is 24.2 Å². The van der Waals surface area contributed by atoms with Gasteiger partial charge in [0.15, 0.2) is 5.78 Å². The van der Waals surface area contributed by atoms with Gasteiger partial charge in [0, 0.05) is 5.56 Å². The Morgan fingerprint density at radius 2 is 1.93 bits per heavy atom. The number of ketones is 1. The van der Waals surface area contributed by atoms with Gasteiger partial charge >= 0.3 is 0 Å². The standard InChI is InChI=1S/C11H11ClO2/c1-11(2,7-13)10(14)8-5-3-4-6-9(8)12/h3-7H,1-2H3. The van der Waals surface area contributed by atoms with Crippen molar-refractivity contribution in [2.75, 3.05) is 0 Å². The third-order valence-electron chi connectivity index (χ3n) is 2.00. The summed E-state index contributed by atoms with van der Waals surface area (Å²) in [4.78, 5) is 22.5. The maximum Gasteiger partial charge on any atom is 0.177 e. The third kappa shape index (κ3) is 2.02. The summed E-state index contributed by atoms with van der Waals surface area (Å²) in [7, 11) is 0. The summed E-state index contributed by atoms with van der Waals surface area (Å²) < 4.78 is 0. The molecule has 0 aliphatic rings. The molecule has 14 heavy (non-hydrogen) atoms. The van der Waals surface area contributed by atoms with E-state index in [-0.39, 0.29) is 5.78 Å². The molecule has 0 heterocycles. The highest BCUT2D eigenvalue weighted by molar-refractivity contribution is 6.34. The zero-order valence-electron chi connectivity index (χ0n) is 8.08. The summed E-state index contributed by atoms with van der Waals surface area (Å²) in [5, 5.41) is 0.382.